The lowest BCUT2D eigenvalue weighted by Crippen LogP contribution is -2.47. The molecule has 0 radical (unpaired) electrons. The summed E-state index contributed by atoms with van der Waals surface area (Å²) in [6, 6.07) is 4.95. The van der Waals surface area contributed by atoms with Gasteiger partial charge in [-0.3, -0.25) is 4.90 Å². The quantitative estimate of drug-likeness (QED) is 0.863. The smallest absolute Gasteiger partial charge is 0.165 e. The number of hydrogen-bond acceptors (Lipinski definition) is 4. The van der Waals surface area contributed by atoms with Crippen LogP contribution in [0.5, 0.6) is 5.75 Å². The second-order valence-electron chi connectivity index (χ2n) is 5.86. The molecule has 0 aliphatic carbocycles. The highest BCUT2D eigenvalue weighted by atomic mass is 35.5. The van der Waals surface area contributed by atoms with Crippen LogP contribution in [0.4, 0.5) is 4.39 Å². The summed E-state index contributed by atoms with van der Waals surface area (Å²) >= 11 is 0. The van der Waals surface area contributed by atoms with Crippen LogP contribution >= 0.6 is 24.8 Å². The molecule has 1 aromatic rings. The number of piperazine rings is 1. The Morgan fingerprint density at radius 2 is 1.83 bits per heavy atom. The van der Waals surface area contributed by atoms with Crippen molar-refractivity contribution in [3.05, 3.63) is 29.6 Å². The number of halogens is 3. The maximum Gasteiger partial charge on any atom is 0.165 e. The summed E-state index contributed by atoms with van der Waals surface area (Å²) in [6.45, 7) is 5.24. The SMILES string of the molecule is Cl.Cl.Oc1c(F)cccc1[C@H](C1CCOCC1)N1CCNCC1. The number of hydrogen-bond donors (Lipinski definition) is 2. The minimum Gasteiger partial charge on any atom is -0.505 e. The number of phenolic OH excluding ortho intramolecular Hbond substituents is 1. The minimum atomic E-state index is -0.528. The van der Waals surface area contributed by atoms with Crippen LogP contribution in [-0.2, 0) is 4.74 Å². The van der Waals surface area contributed by atoms with Crippen LogP contribution in [0, 0.1) is 11.7 Å². The fourth-order valence-electron chi connectivity index (χ4n) is 3.51. The molecule has 2 saturated heterocycles. The van der Waals surface area contributed by atoms with Crippen molar-refractivity contribution >= 4 is 24.8 Å². The highest BCUT2D eigenvalue weighted by molar-refractivity contribution is 5.85. The van der Waals surface area contributed by atoms with Crippen molar-refractivity contribution in [1.29, 1.82) is 0 Å². The summed E-state index contributed by atoms with van der Waals surface area (Å²) in [5.41, 5.74) is 0.726. The maximum absolute atomic E-state index is 13.8. The fraction of sp³-hybridized carbons (Fsp3) is 0.625. The zero-order chi connectivity index (χ0) is 14.7. The van der Waals surface area contributed by atoms with E-state index in [1.807, 2.05) is 6.07 Å². The van der Waals surface area contributed by atoms with Crippen LogP contribution in [0.25, 0.3) is 0 Å². The van der Waals surface area contributed by atoms with Gasteiger partial charge in [0.15, 0.2) is 11.6 Å². The third-order valence-electron chi connectivity index (χ3n) is 4.59. The zero-order valence-corrected chi connectivity index (χ0v) is 14.7. The number of nitrogens with one attached hydrogen (secondary N) is 1. The van der Waals surface area contributed by atoms with E-state index in [0.717, 1.165) is 57.8 Å². The van der Waals surface area contributed by atoms with Crippen LogP contribution < -0.4 is 5.32 Å². The monoisotopic (exact) mass is 366 g/mol. The van der Waals surface area contributed by atoms with E-state index in [-0.39, 0.29) is 36.6 Å². The highest BCUT2D eigenvalue weighted by Crippen LogP contribution is 2.39. The van der Waals surface area contributed by atoms with E-state index in [0.29, 0.717) is 5.92 Å². The summed E-state index contributed by atoms with van der Waals surface area (Å²) in [4.78, 5) is 2.38. The summed E-state index contributed by atoms with van der Waals surface area (Å²) in [7, 11) is 0. The Morgan fingerprint density at radius 3 is 2.48 bits per heavy atom. The Morgan fingerprint density at radius 1 is 1.17 bits per heavy atom. The standard InChI is InChI=1S/C16H23FN2O2.2ClH/c17-14-3-1-2-13(16(14)20)15(12-4-10-21-11-5-12)19-8-6-18-7-9-19;;/h1-3,12,15,18,20H,4-11H2;2*1H/t15-;;/m0../s1. The van der Waals surface area contributed by atoms with Gasteiger partial charge in [0.1, 0.15) is 0 Å². The maximum atomic E-state index is 13.8. The van der Waals surface area contributed by atoms with Crippen LogP contribution in [0.1, 0.15) is 24.4 Å². The normalized spacial score (nSPS) is 21.1. The van der Waals surface area contributed by atoms with Gasteiger partial charge in [-0.05, 0) is 24.8 Å². The van der Waals surface area contributed by atoms with Crippen molar-refractivity contribution in [2.45, 2.75) is 18.9 Å². The molecule has 132 valence electrons. The van der Waals surface area contributed by atoms with Gasteiger partial charge in [-0.25, -0.2) is 4.39 Å². The summed E-state index contributed by atoms with van der Waals surface area (Å²) in [6.07, 6.45) is 1.93. The zero-order valence-electron chi connectivity index (χ0n) is 13.0. The average molecular weight is 367 g/mol. The number of ether oxygens (including phenoxy) is 1. The summed E-state index contributed by atoms with van der Waals surface area (Å²) in [5.74, 6) is -0.309. The van der Waals surface area contributed by atoms with Gasteiger partial charge in [-0.1, -0.05) is 12.1 Å². The highest BCUT2D eigenvalue weighted by Gasteiger charge is 2.33. The first kappa shape index (κ1) is 20.5. The van der Waals surface area contributed by atoms with E-state index >= 15 is 0 Å². The molecule has 0 amide bonds. The molecule has 7 heteroatoms. The molecule has 3 rings (SSSR count). The van der Waals surface area contributed by atoms with Gasteiger partial charge in [0.25, 0.3) is 0 Å². The molecule has 0 bridgehead atoms. The number of nitrogens with zero attached hydrogens (tertiary/aromatic N) is 1. The average Bonchev–Trinajstić information content (AvgIpc) is 2.54. The summed E-state index contributed by atoms with van der Waals surface area (Å²) < 4.78 is 19.2. The van der Waals surface area contributed by atoms with Crippen LogP contribution in [0.15, 0.2) is 18.2 Å². The van der Waals surface area contributed by atoms with Crippen molar-refractivity contribution in [1.82, 2.24) is 10.2 Å². The van der Waals surface area contributed by atoms with E-state index in [2.05, 4.69) is 10.2 Å². The lowest BCUT2D eigenvalue weighted by atomic mass is 9.85. The number of phenols is 1. The summed E-state index contributed by atoms with van der Waals surface area (Å²) in [5, 5.41) is 13.5. The Hall–Kier alpha value is -0.590. The van der Waals surface area contributed by atoms with E-state index in [1.54, 1.807) is 6.07 Å². The number of para-hydroxylation sites is 1. The van der Waals surface area contributed by atoms with Crippen molar-refractivity contribution in [2.24, 2.45) is 5.92 Å². The van der Waals surface area contributed by atoms with Gasteiger partial charge >= 0.3 is 0 Å². The first-order valence-corrected chi connectivity index (χ1v) is 7.77. The fourth-order valence-corrected chi connectivity index (χ4v) is 3.51. The molecule has 0 saturated carbocycles. The molecule has 2 heterocycles. The number of rotatable bonds is 3. The third kappa shape index (κ3) is 4.70. The molecule has 0 aromatic heterocycles. The first-order valence-electron chi connectivity index (χ1n) is 7.77. The van der Waals surface area contributed by atoms with Gasteiger partial charge in [0.2, 0.25) is 0 Å². The molecule has 4 nitrogen and oxygen atoms in total. The molecule has 2 fully saturated rings. The van der Waals surface area contributed by atoms with Crippen molar-refractivity contribution in [3.63, 3.8) is 0 Å². The second-order valence-corrected chi connectivity index (χ2v) is 5.86. The molecule has 2 aliphatic heterocycles. The van der Waals surface area contributed by atoms with Gasteiger partial charge < -0.3 is 15.2 Å². The molecule has 2 N–H and O–H groups in total. The van der Waals surface area contributed by atoms with E-state index in [1.165, 1.54) is 6.07 Å². The van der Waals surface area contributed by atoms with Crippen LogP contribution in [0.2, 0.25) is 0 Å². The van der Waals surface area contributed by atoms with Crippen LogP contribution in [-0.4, -0.2) is 49.4 Å². The molecular weight excluding hydrogens is 342 g/mol. The molecule has 2 aliphatic rings. The van der Waals surface area contributed by atoms with Gasteiger partial charge in [-0.2, -0.15) is 0 Å². The largest absolute Gasteiger partial charge is 0.505 e. The van der Waals surface area contributed by atoms with Gasteiger partial charge in [-0.15, -0.1) is 24.8 Å². The predicted octanol–water partition coefficient (Wildman–Crippen LogP) is 2.75. The number of benzene rings is 1. The van der Waals surface area contributed by atoms with E-state index in [4.69, 9.17) is 4.74 Å². The van der Waals surface area contributed by atoms with E-state index in [9.17, 15) is 9.50 Å². The van der Waals surface area contributed by atoms with Crippen LogP contribution in [0.3, 0.4) is 0 Å². The lowest BCUT2D eigenvalue weighted by molar-refractivity contribution is 0.0205. The lowest BCUT2D eigenvalue weighted by Gasteiger charge is -2.41. The predicted molar refractivity (Wildman–Crippen MR) is 93.3 cm³/mol. The Balaban J connectivity index is 0.00000132. The Labute approximate surface area is 149 Å². The minimum absolute atomic E-state index is 0. The van der Waals surface area contributed by atoms with Crippen molar-refractivity contribution in [2.75, 3.05) is 39.4 Å². The molecular formula is C16H25Cl2FN2O2. The molecule has 1 aromatic carbocycles. The molecule has 1 atom stereocenters. The Kier molecular flexibility index (Phi) is 8.58. The number of aromatic hydroxyl groups is 1. The van der Waals surface area contributed by atoms with Crippen molar-refractivity contribution < 1.29 is 14.2 Å². The van der Waals surface area contributed by atoms with Gasteiger partial charge in [0.05, 0.1) is 0 Å². The van der Waals surface area contributed by atoms with Gasteiger partial charge in [0, 0.05) is 51.0 Å². The third-order valence-corrected chi connectivity index (χ3v) is 4.59. The second kappa shape index (κ2) is 9.64. The first-order chi connectivity index (χ1) is 10.3. The molecule has 0 unspecified atom stereocenters. The Bertz CT molecular complexity index is 463. The van der Waals surface area contributed by atoms with Crippen molar-refractivity contribution in [3.8, 4) is 5.75 Å². The molecule has 0 spiro atoms. The molecule has 23 heavy (non-hydrogen) atoms. The topological polar surface area (TPSA) is 44.7 Å². The van der Waals surface area contributed by atoms with E-state index < -0.39 is 5.82 Å².